The van der Waals surface area contributed by atoms with Crippen molar-refractivity contribution in [2.75, 3.05) is 45.4 Å². The molecule has 0 radical (unpaired) electrons. The number of amidine groups is 1. The molecule has 5 rings (SSSR count). The summed E-state index contributed by atoms with van der Waals surface area (Å²) in [7, 11) is 3.34. The van der Waals surface area contributed by atoms with Gasteiger partial charge in [-0.25, -0.2) is 4.99 Å². The molecule has 3 aliphatic heterocycles. The number of carbonyl (C=O) groups is 1. The van der Waals surface area contributed by atoms with E-state index in [1.165, 1.54) is 24.6 Å². The zero-order chi connectivity index (χ0) is 24.2. The molecule has 1 unspecified atom stereocenters. The van der Waals surface area contributed by atoms with Crippen molar-refractivity contribution in [2.45, 2.75) is 31.8 Å². The molecule has 1 atom stereocenters. The molecular weight excluding hydrogens is 462 g/mol. The van der Waals surface area contributed by atoms with Crippen molar-refractivity contribution in [3.63, 3.8) is 0 Å². The second-order valence-electron chi connectivity index (χ2n) is 8.85. The molecule has 0 N–H and O–H groups in total. The number of ether oxygens (including phenoxy) is 3. The van der Waals surface area contributed by atoms with Crippen molar-refractivity contribution in [3.05, 3.63) is 52.9 Å². The van der Waals surface area contributed by atoms with Crippen molar-refractivity contribution < 1.29 is 19.0 Å². The normalized spacial score (nSPS) is 22.6. The van der Waals surface area contributed by atoms with Crippen molar-refractivity contribution >= 4 is 40.3 Å². The van der Waals surface area contributed by atoms with Crippen molar-refractivity contribution in [1.29, 1.82) is 0 Å². The Morgan fingerprint density at radius 2 is 1.86 bits per heavy atom. The van der Waals surface area contributed by atoms with Gasteiger partial charge in [0.15, 0.2) is 5.17 Å². The number of anilines is 1. The average Bonchev–Trinajstić information content (AvgIpc) is 3.65. The Bertz CT molecular complexity index is 1120. The van der Waals surface area contributed by atoms with Gasteiger partial charge in [-0.3, -0.25) is 9.69 Å². The fourth-order valence-electron chi connectivity index (χ4n) is 4.72. The van der Waals surface area contributed by atoms with E-state index >= 15 is 0 Å². The third-order valence-electron chi connectivity index (χ3n) is 6.54. The topological polar surface area (TPSA) is 63.6 Å². The number of benzene rings is 2. The molecule has 0 aromatic heterocycles. The fraction of sp³-hybridized carbons (Fsp3) is 0.407. The number of amides is 1. The maximum absolute atomic E-state index is 13.5. The Labute approximate surface area is 210 Å². The molecule has 0 bridgehead atoms. The van der Waals surface area contributed by atoms with Gasteiger partial charge in [-0.1, -0.05) is 18.2 Å². The molecule has 0 aliphatic carbocycles. The molecule has 3 aliphatic rings. The highest BCUT2D eigenvalue weighted by molar-refractivity contribution is 8.18. The van der Waals surface area contributed by atoms with Crippen molar-refractivity contribution in [3.8, 4) is 11.5 Å². The first-order valence-electron chi connectivity index (χ1n) is 12.1. The molecule has 7 nitrogen and oxygen atoms in total. The van der Waals surface area contributed by atoms with Crippen LogP contribution in [0.4, 0.5) is 11.4 Å². The van der Waals surface area contributed by atoms with Crippen LogP contribution in [0.3, 0.4) is 0 Å². The minimum absolute atomic E-state index is 0.0363. The van der Waals surface area contributed by atoms with E-state index in [2.05, 4.69) is 4.90 Å². The second-order valence-corrected chi connectivity index (χ2v) is 9.86. The zero-order valence-electron chi connectivity index (χ0n) is 20.2. The lowest BCUT2D eigenvalue weighted by atomic mass is 10.1. The number of methoxy groups -OCH3 is 2. The maximum Gasteiger partial charge on any atom is 0.266 e. The molecule has 1 amide bonds. The molecule has 184 valence electrons. The molecule has 3 saturated heterocycles. The Morgan fingerprint density at radius 3 is 2.54 bits per heavy atom. The van der Waals surface area contributed by atoms with Gasteiger partial charge in [0, 0.05) is 31.3 Å². The predicted octanol–water partition coefficient (Wildman–Crippen LogP) is 5.09. The number of hydrogen-bond acceptors (Lipinski definition) is 7. The molecule has 2 aromatic rings. The van der Waals surface area contributed by atoms with Crippen LogP contribution in [-0.4, -0.2) is 62.5 Å². The first-order valence-corrected chi connectivity index (χ1v) is 13.0. The summed E-state index contributed by atoms with van der Waals surface area (Å²) in [6.07, 6.45) is 6.24. The first-order chi connectivity index (χ1) is 17.2. The van der Waals surface area contributed by atoms with Crippen LogP contribution in [0.15, 0.2) is 52.4 Å². The fourth-order valence-corrected chi connectivity index (χ4v) is 5.72. The Kier molecular flexibility index (Phi) is 7.29. The summed E-state index contributed by atoms with van der Waals surface area (Å²) in [5.41, 5.74) is 2.65. The van der Waals surface area contributed by atoms with E-state index in [1.54, 1.807) is 19.1 Å². The number of carbonyl (C=O) groups excluding carboxylic acids is 1. The van der Waals surface area contributed by atoms with E-state index in [9.17, 15) is 4.79 Å². The van der Waals surface area contributed by atoms with Gasteiger partial charge in [-0.05, 0) is 61.7 Å². The number of thioether (sulfide) groups is 1. The number of para-hydroxylation sites is 1. The summed E-state index contributed by atoms with van der Waals surface area (Å²) in [5, 5.41) is 0.669. The predicted molar refractivity (Wildman–Crippen MR) is 141 cm³/mol. The molecule has 2 aromatic carbocycles. The summed E-state index contributed by atoms with van der Waals surface area (Å²) in [6, 6.07) is 13.7. The summed E-state index contributed by atoms with van der Waals surface area (Å²) >= 11 is 1.39. The standard InChI is InChI=1S/C27H31N3O4S/c1-32-23-17-22(29-12-6-7-13-29)24(33-2)15-19(23)16-25-26(31)30(18-21-11-8-14-34-21)27(35-25)28-20-9-4-3-5-10-20/h3-5,9-10,15-17,21H,6-8,11-14,18H2,1-2H3/b25-16-,28-27?. The van der Waals surface area contributed by atoms with Crippen LogP contribution in [0.25, 0.3) is 6.08 Å². The minimum atomic E-state index is -0.0650. The molecule has 0 spiro atoms. The van der Waals surface area contributed by atoms with Crippen molar-refractivity contribution in [2.24, 2.45) is 4.99 Å². The largest absolute Gasteiger partial charge is 0.496 e. The van der Waals surface area contributed by atoms with Gasteiger partial charge in [0.25, 0.3) is 5.91 Å². The van der Waals surface area contributed by atoms with Gasteiger partial charge in [0.1, 0.15) is 11.5 Å². The number of rotatable bonds is 7. The zero-order valence-corrected chi connectivity index (χ0v) is 21.1. The van der Waals surface area contributed by atoms with E-state index < -0.39 is 0 Å². The Morgan fingerprint density at radius 1 is 1.09 bits per heavy atom. The van der Waals surface area contributed by atoms with Gasteiger partial charge < -0.3 is 19.1 Å². The van der Waals surface area contributed by atoms with Gasteiger partial charge in [-0.2, -0.15) is 0 Å². The monoisotopic (exact) mass is 493 g/mol. The summed E-state index contributed by atoms with van der Waals surface area (Å²) in [6.45, 7) is 3.26. The first kappa shape index (κ1) is 23.8. The lowest BCUT2D eigenvalue weighted by Gasteiger charge is -2.22. The quantitative estimate of drug-likeness (QED) is 0.501. The summed E-state index contributed by atoms with van der Waals surface area (Å²) in [5.74, 6) is 1.43. The van der Waals surface area contributed by atoms with Crippen molar-refractivity contribution in [1.82, 2.24) is 4.90 Å². The van der Waals surface area contributed by atoms with Crippen LogP contribution < -0.4 is 14.4 Å². The van der Waals surface area contributed by atoms with E-state index in [0.29, 0.717) is 22.4 Å². The lowest BCUT2D eigenvalue weighted by molar-refractivity contribution is -0.123. The average molecular weight is 494 g/mol. The van der Waals surface area contributed by atoms with E-state index in [0.717, 1.165) is 55.2 Å². The summed E-state index contributed by atoms with van der Waals surface area (Å²) < 4.78 is 17.3. The molecule has 35 heavy (non-hydrogen) atoms. The van der Waals surface area contributed by atoms with Crippen LogP contribution in [0, 0.1) is 0 Å². The van der Waals surface area contributed by atoms with Crippen LogP contribution >= 0.6 is 11.8 Å². The molecule has 0 saturated carbocycles. The Hall–Kier alpha value is -2.97. The Balaban J connectivity index is 1.49. The molecule has 3 heterocycles. The molecular formula is C27H31N3O4S. The van der Waals surface area contributed by atoms with Gasteiger partial charge >= 0.3 is 0 Å². The van der Waals surface area contributed by atoms with E-state index in [4.69, 9.17) is 19.2 Å². The van der Waals surface area contributed by atoms with E-state index in [1.807, 2.05) is 48.5 Å². The highest BCUT2D eigenvalue weighted by Gasteiger charge is 2.36. The number of nitrogens with zero attached hydrogens (tertiary/aromatic N) is 3. The highest BCUT2D eigenvalue weighted by atomic mass is 32.2. The van der Waals surface area contributed by atoms with Gasteiger partial charge in [0.05, 0.1) is 43.1 Å². The van der Waals surface area contributed by atoms with Crippen LogP contribution in [0.2, 0.25) is 0 Å². The molecule has 3 fully saturated rings. The smallest absolute Gasteiger partial charge is 0.266 e. The number of hydrogen-bond donors (Lipinski definition) is 0. The second kappa shape index (κ2) is 10.7. The summed E-state index contributed by atoms with van der Waals surface area (Å²) in [4.78, 5) is 23.0. The van der Waals surface area contributed by atoms with Crippen LogP contribution in [0.5, 0.6) is 11.5 Å². The van der Waals surface area contributed by atoms with E-state index in [-0.39, 0.29) is 12.0 Å². The maximum atomic E-state index is 13.5. The SMILES string of the molecule is COc1cc(N2CCCC2)c(OC)cc1/C=C1\SC(=Nc2ccccc2)N(CC2CCCO2)C1=O. The number of aliphatic imine (C=N–C) groups is 1. The molecule has 8 heteroatoms. The van der Waals surface area contributed by atoms with Gasteiger partial charge in [-0.15, -0.1) is 0 Å². The third-order valence-corrected chi connectivity index (χ3v) is 7.55. The highest BCUT2D eigenvalue weighted by Crippen LogP contribution is 2.41. The third kappa shape index (κ3) is 5.18. The van der Waals surface area contributed by atoms with Crippen LogP contribution in [-0.2, 0) is 9.53 Å². The lowest BCUT2D eigenvalue weighted by Crippen LogP contribution is -2.36. The minimum Gasteiger partial charge on any atom is -0.496 e. The van der Waals surface area contributed by atoms with Crippen LogP contribution in [0.1, 0.15) is 31.2 Å². The van der Waals surface area contributed by atoms with Gasteiger partial charge in [0.2, 0.25) is 0 Å².